The molecule has 26 heavy (non-hydrogen) atoms. The fourth-order valence-electron chi connectivity index (χ4n) is 3.58. The molecule has 2 aliphatic rings. The third-order valence-corrected chi connectivity index (χ3v) is 4.71. The smallest absolute Gasteiger partial charge is 0.336 e. The van der Waals surface area contributed by atoms with E-state index in [1.165, 1.54) is 12.1 Å². The lowest BCUT2D eigenvalue weighted by atomic mass is 9.75. The van der Waals surface area contributed by atoms with Crippen molar-refractivity contribution in [3.05, 3.63) is 62.5 Å². The lowest BCUT2D eigenvalue weighted by Crippen LogP contribution is -2.34. The molecule has 0 amide bonds. The van der Waals surface area contributed by atoms with Gasteiger partial charge in [-0.2, -0.15) is 0 Å². The van der Waals surface area contributed by atoms with Crippen molar-refractivity contribution in [1.29, 1.82) is 0 Å². The number of nitro groups is 1. The molecule has 3 rings (SSSR count). The van der Waals surface area contributed by atoms with Crippen LogP contribution >= 0.6 is 0 Å². The number of nitrogens with one attached hydrogen (secondary N) is 1. The van der Waals surface area contributed by atoms with Gasteiger partial charge >= 0.3 is 5.97 Å². The van der Waals surface area contributed by atoms with Crippen LogP contribution in [0, 0.1) is 10.1 Å². The van der Waals surface area contributed by atoms with E-state index in [1.807, 2.05) is 0 Å². The molecule has 7 heteroatoms. The van der Waals surface area contributed by atoms with Gasteiger partial charge in [0.15, 0.2) is 5.78 Å². The van der Waals surface area contributed by atoms with Crippen LogP contribution in [0.5, 0.6) is 0 Å². The van der Waals surface area contributed by atoms with Gasteiger partial charge in [0.1, 0.15) is 0 Å². The summed E-state index contributed by atoms with van der Waals surface area (Å²) in [6.45, 7) is 3.73. The Morgan fingerprint density at radius 2 is 2.00 bits per heavy atom. The van der Waals surface area contributed by atoms with Gasteiger partial charge in [0, 0.05) is 41.4 Å². The molecule has 1 aromatic carbocycles. The van der Waals surface area contributed by atoms with E-state index < -0.39 is 16.8 Å². The molecule has 0 unspecified atom stereocenters. The number of esters is 1. The van der Waals surface area contributed by atoms with Crippen LogP contribution < -0.4 is 5.32 Å². The number of nitro benzene ring substituents is 1. The molecule has 136 valence electrons. The quantitative estimate of drug-likeness (QED) is 0.505. The highest BCUT2D eigenvalue weighted by molar-refractivity contribution is 6.03. The van der Waals surface area contributed by atoms with Gasteiger partial charge < -0.3 is 10.1 Å². The van der Waals surface area contributed by atoms with Crippen molar-refractivity contribution >= 4 is 17.4 Å². The molecule has 1 aromatic rings. The van der Waals surface area contributed by atoms with E-state index >= 15 is 0 Å². The number of ketones is 1. The van der Waals surface area contributed by atoms with E-state index in [-0.39, 0.29) is 18.1 Å². The normalized spacial score (nSPS) is 19.8. The molecule has 0 fully saturated rings. The first-order valence-corrected chi connectivity index (χ1v) is 8.59. The summed E-state index contributed by atoms with van der Waals surface area (Å²) in [7, 11) is 0. The van der Waals surface area contributed by atoms with Crippen molar-refractivity contribution in [3.8, 4) is 0 Å². The molecule has 0 radical (unpaired) electrons. The molecular weight excluding hydrogens is 336 g/mol. The number of hydrogen-bond donors (Lipinski definition) is 1. The standard InChI is InChI=1S/C19H20N2O5/c1-3-26-19(23)16-11(2)20-14-5-4-6-15(22)18(14)17(16)12-7-9-13(10-8-12)21(24)25/h7-10,17,20H,3-6H2,1-2H3/t17-/m0/s1. The zero-order valence-electron chi connectivity index (χ0n) is 14.7. The number of Topliss-reactive ketones (excluding diaryl/α,β-unsaturated/α-hetero) is 1. The van der Waals surface area contributed by atoms with E-state index in [2.05, 4.69) is 5.32 Å². The number of nitrogens with zero attached hydrogens (tertiary/aromatic N) is 1. The first kappa shape index (κ1) is 17.8. The fourth-order valence-corrected chi connectivity index (χ4v) is 3.58. The average molecular weight is 356 g/mol. The highest BCUT2D eigenvalue weighted by atomic mass is 16.6. The molecule has 0 spiro atoms. The Kier molecular flexibility index (Phi) is 4.88. The Morgan fingerprint density at radius 1 is 1.31 bits per heavy atom. The molecule has 1 atom stereocenters. The number of benzene rings is 1. The first-order valence-electron chi connectivity index (χ1n) is 8.59. The summed E-state index contributed by atoms with van der Waals surface area (Å²) in [5, 5.41) is 14.1. The summed E-state index contributed by atoms with van der Waals surface area (Å²) in [6, 6.07) is 5.99. The third-order valence-electron chi connectivity index (χ3n) is 4.71. The number of carbonyl (C=O) groups excluding carboxylic acids is 2. The molecule has 1 aliphatic carbocycles. The summed E-state index contributed by atoms with van der Waals surface area (Å²) < 4.78 is 5.20. The maximum absolute atomic E-state index is 12.6. The molecule has 0 aromatic heterocycles. The molecule has 1 aliphatic heterocycles. The number of rotatable bonds is 4. The summed E-state index contributed by atoms with van der Waals surface area (Å²) in [6.07, 6.45) is 1.93. The van der Waals surface area contributed by atoms with Gasteiger partial charge in [0.2, 0.25) is 0 Å². The minimum absolute atomic E-state index is 0.00333. The second-order valence-electron chi connectivity index (χ2n) is 6.33. The third kappa shape index (κ3) is 3.12. The van der Waals surface area contributed by atoms with Gasteiger partial charge in [-0.05, 0) is 32.3 Å². The van der Waals surface area contributed by atoms with Crippen LogP contribution in [0.2, 0.25) is 0 Å². The minimum Gasteiger partial charge on any atom is -0.463 e. The maximum atomic E-state index is 12.6. The minimum atomic E-state index is -0.570. The van der Waals surface area contributed by atoms with Crippen molar-refractivity contribution in [2.45, 2.75) is 39.0 Å². The maximum Gasteiger partial charge on any atom is 0.336 e. The second-order valence-corrected chi connectivity index (χ2v) is 6.33. The molecular formula is C19H20N2O5. The predicted molar refractivity (Wildman–Crippen MR) is 94.2 cm³/mol. The Balaban J connectivity index is 2.13. The predicted octanol–water partition coefficient (Wildman–Crippen LogP) is 3.13. The van der Waals surface area contributed by atoms with Crippen LogP contribution in [0.4, 0.5) is 5.69 Å². The molecule has 0 bridgehead atoms. The van der Waals surface area contributed by atoms with Crippen LogP contribution in [0.3, 0.4) is 0 Å². The molecule has 1 N–H and O–H groups in total. The van der Waals surface area contributed by atoms with Gasteiger partial charge in [-0.3, -0.25) is 14.9 Å². The van der Waals surface area contributed by atoms with Crippen LogP contribution in [-0.4, -0.2) is 23.3 Å². The Morgan fingerprint density at radius 3 is 2.62 bits per heavy atom. The number of hydrogen-bond acceptors (Lipinski definition) is 6. The lowest BCUT2D eigenvalue weighted by Gasteiger charge is -2.34. The number of carbonyl (C=O) groups is 2. The van der Waals surface area contributed by atoms with Crippen LogP contribution in [-0.2, 0) is 14.3 Å². The van der Waals surface area contributed by atoms with Gasteiger partial charge in [0.25, 0.3) is 5.69 Å². The SMILES string of the molecule is CCOC(=O)C1=C(C)NC2=C(C(=O)CCC2)[C@H]1c1ccc([N+](=O)[O-])cc1. The molecule has 0 saturated carbocycles. The van der Waals surface area contributed by atoms with Crippen molar-refractivity contribution in [2.75, 3.05) is 6.61 Å². The second kappa shape index (κ2) is 7.11. The van der Waals surface area contributed by atoms with E-state index in [0.29, 0.717) is 28.8 Å². The van der Waals surface area contributed by atoms with E-state index in [4.69, 9.17) is 4.74 Å². The van der Waals surface area contributed by atoms with Crippen LogP contribution in [0.1, 0.15) is 44.6 Å². The highest BCUT2D eigenvalue weighted by Gasteiger charge is 2.39. The fraction of sp³-hybridized carbons (Fsp3) is 0.368. The topological polar surface area (TPSA) is 98.5 Å². The first-order chi connectivity index (χ1) is 12.4. The molecule has 1 heterocycles. The van der Waals surface area contributed by atoms with Gasteiger partial charge in [0.05, 0.1) is 17.1 Å². The van der Waals surface area contributed by atoms with Crippen LogP contribution in [0.25, 0.3) is 0 Å². The Labute approximate surface area is 150 Å². The zero-order valence-corrected chi connectivity index (χ0v) is 14.7. The molecule has 7 nitrogen and oxygen atoms in total. The molecule has 0 saturated heterocycles. The average Bonchev–Trinajstić information content (AvgIpc) is 2.61. The van der Waals surface area contributed by atoms with Gasteiger partial charge in [-0.15, -0.1) is 0 Å². The zero-order chi connectivity index (χ0) is 18.8. The van der Waals surface area contributed by atoms with Crippen molar-refractivity contribution < 1.29 is 19.2 Å². The van der Waals surface area contributed by atoms with Crippen molar-refractivity contribution in [2.24, 2.45) is 0 Å². The number of ether oxygens (including phenoxy) is 1. The largest absolute Gasteiger partial charge is 0.463 e. The Bertz CT molecular complexity index is 836. The summed E-state index contributed by atoms with van der Waals surface area (Å²) in [5.74, 6) is -1.05. The van der Waals surface area contributed by atoms with E-state index in [0.717, 1.165) is 18.5 Å². The lowest BCUT2D eigenvalue weighted by molar-refractivity contribution is -0.384. The summed E-state index contributed by atoms with van der Waals surface area (Å²) >= 11 is 0. The number of dihydropyridines is 1. The van der Waals surface area contributed by atoms with Gasteiger partial charge in [-0.25, -0.2) is 4.79 Å². The monoisotopic (exact) mass is 356 g/mol. The van der Waals surface area contributed by atoms with Crippen molar-refractivity contribution in [1.82, 2.24) is 5.32 Å². The van der Waals surface area contributed by atoms with E-state index in [1.54, 1.807) is 26.0 Å². The van der Waals surface area contributed by atoms with Gasteiger partial charge in [-0.1, -0.05) is 12.1 Å². The summed E-state index contributed by atoms with van der Waals surface area (Å²) in [5.41, 5.74) is 3.07. The van der Waals surface area contributed by atoms with E-state index in [9.17, 15) is 19.7 Å². The number of allylic oxidation sites excluding steroid dienone is 3. The highest BCUT2D eigenvalue weighted by Crippen LogP contribution is 2.42. The van der Waals surface area contributed by atoms with Crippen LogP contribution in [0.15, 0.2) is 46.8 Å². The Hall–Kier alpha value is -2.96. The number of non-ortho nitro benzene ring substituents is 1. The summed E-state index contributed by atoms with van der Waals surface area (Å²) in [4.78, 5) is 35.7. The van der Waals surface area contributed by atoms with Crippen molar-refractivity contribution in [3.63, 3.8) is 0 Å².